The average Bonchev–Trinajstić information content (AvgIpc) is 2.93. The summed E-state index contributed by atoms with van der Waals surface area (Å²) in [5.41, 5.74) is 1.05. The van der Waals surface area contributed by atoms with Gasteiger partial charge in [-0.05, 0) is 11.1 Å². The van der Waals surface area contributed by atoms with Crippen molar-refractivity contribution < 1.29 is 32.3 Å². The van der Waals surface area contributed by atoms with Gasteiger partial charge in [-0.25, -0.2) is 10.0 Å². The quantitative estimate of drug-likeness (QED) is 0.419. The van der Waals surface area contributed by atoms with Gasteiger partial charge in [0.15, 0.2) is 0 Å². The smallest absolute Gasteiger partial charge is 0.300 e. The molecule has 206 valence electrons. The Morgan fingerprint density at radius 1 is 0.850 bits per heavy atom. The van der Waals surface area contributed by atoms with E-state index in [-0.39, 0.29) is 5.70 Å². The summed E-state index contributed by atoms with van der Waals surface area (Å²) in [5.74, 6) is -4.52. The maximum absolute atomic E-state index is 14.3. The number of rotatable bonds is 7. The predicted molar refractivity (Wildman–Crippen MR) is 140 cm³/mol. The van der Waals surface area contributed by atoms with Crippen molar-refractivity contribution >= 4 is 29.2 Å². The van der Waals surface area contributed by atoms with E-state index in [2.05, 4.69) is 0 Å². The molecule has 1 aliphatic heterocycles. The van der Waals surface area contributed by atoms with Crippen LogP contribution in [0.4, 0.5) is 13.2 Å². The number of hydrogen-bond acceptors (Lipinski definition) is 4. The number of ketones is 1. The van der Waals surface area contributed by atoms with Crippen LogP contribution in [0.15, 0.2) is 97.2 Å². The van der Waals surface area contributed by atoms with E-state index in [9.17, 15) is 32.3 Å². The minimum absolute atomic E-state index is 0.0313. The average molecular weight is 550 g/mol. The molecule has 0 spiro atoms. The zero-order valence-corrected chi connectivity index (χ0v) is 21.7. The molecule has 1 aliphatic rings. The van der Waals surface area contributed by atoms with Crippen molar-refractivity contribution in [2.24, 2.45) is 0 Å². The molecule has 0 bridgehead atoms. The van der Waals surface area contributed by atoms with Crippen LogP contribution in [-0.4, -0.2) is 50.6 Å². The number of amides is 3. The molecule has 2 unspecified atom stereocenters. The molecule has 4 rings (SSSR count). The van der Waals surface area contributed by atoms with Gasteiger partial charge < -0.3 is 4.90 Å². The van der Waals surface area contributed by atoms with Crippen LogP contribution in [0.5, 0.6) is 0 Å². The van der Waals surface area contributed by atoms with E-state index in [1.54, 1.807) is 78.9 Å². The second-order valence-electron chi connectivity index (χ2n) is 9.20. The fraction of sp³-hybridized carbons (Fsp3) is 0.200. The molecule has 1 heterocycles. The van der Waals surface area contributed by atoms with Crippen molar-refractivity contribution in [3.63, 3.8) is 0 Å². The number of carbonyl (C=O) groups excluding carboxylic acids is 4. The maximum atomic E-state index is 14.3. The van der Waals surface area contributed by atoms with E-state index < -0.39 is 48.2 Å². The Bertz CT molecular complexity index is 1430. The molecule has 3 aromatic carbocycles. The van der Waals surface area contributed by atoms with Gasteiger partial charge >= 0.3 is 6.18 Å². The summed E-state index contributed by atoms with van der Waals surface area (Å²) in [6.07, 6.45) is -4.48. The van der Waals surface area contributed by atoms with Gasteiger partial charge in [0.2, 0.25) is 11.8 Å². The molecule has 0 aromatic heterocycles. The van der Waals surface area contributed by atoms with Gasteiger partial charge in [0, 0.05) is 32.0 Å². The molecule has 0 saturated carbocycles. The fourth-order valence-corrected chi connectivity index (χ4v) is 4.67. The Labute approximate surface area is 229 Å². The first-order valence-electron chi connectivity index (χ1n) is 12.4. The van der Waals surface area contributed by atoms with E-state index >= 15 is 0 Å². The standard InChI is InChI=1S/C30H26F3N3O4/c1-20(37)34-19-26(23-14-8-4-9-15-23)36(29(40)27(34)24-16-10-5-11-17-24)35(21(2)38)25(28(39)30(31,32)33)18-22-12-6-3-7-13-22/h3-17,19,25,27H,18H2,1-2H3. The molecule has 3 amide bonds. The lowest BCUT2D eigenvalue weighted by Crippen LogP contribution is -2.61. The van der Waals surface area contributed by atoms with Crippen LogP contribution in [0.2, 0.25) is 0 Å². The Morgan fingerprint density at radius 3 is 1.88 bits per heavy atom. The topological polar surface area (TPSA) is 78.0 Å². The molecular formula is C30H26F3N3O4. The molecule has 3 aromatic rings. The SMILES string of the molecule is CC(=O)N1C=C(c2ccccc2)N(N(C(C)=O)C(Cc2ccccc2)C(=O)C(F)(F)F)C(=O)C1c1ccccc1. The normalized spacial score (nSPS) is 16.3. The second-order valence-corrected chi connectivity index (χ2v) is 9.20. The van der Waals surface area contributed by atoms with Crippen molar-refractivity contribution in [3.05, 3.63) is 114 Å². The fourth-order valence-electron chi connectivity index (χ4n) is 4.67. The number of carbonyl (C=O) groups is 4. The van der Waals surface area contributed by atoms with E-state index in [0.717, 1.165) is 11.9 Å². The third kappa shape index (κ3) is 5.80. The summed E-state index contributed by atoms with van der Waals surface area (Å²) in [6, 6.07) is 20.9. The van der Waals surface area contributed by atoms with Gasteiger partial charge in [0.1, 0.15) is 12.1 Å². The molecule has 7 nitrogen and oxygen atoms in total. The van der Waals surface area contributed by atoms with Crippen LogP contribution in [-0.2, 0) is 25.6 Å². The molecule has 10 heteroatoms. The van der Waals surface area contributed by atoms with Gasteiger partial charge in [-0.1, -0.05) is 91.0 Å². The predicted octanol–water partition coefficient (Wildman–Crippen LogP) is 4.92. The van der Waals surface area contributed by atoms with E-state index in [0.29, 0.717) is 21.7 Å². The van der Waals surface area contributed by atoms with Crippen LogP contribution < -0.4 is 0 Å². The van der Waals surface area contributed by atoms with Crippen molar-refractivity contribution in [2.45, 2.75) is 38.5 Å². The van der Waals surface area contributed by atoms with Gasteiger partial charge in [-0.2, -0.15) is 13.2 Å². The number of Topliss-reactive ketones (excluding diaryl/α,β-unsaturated/α-hetero) is 1. The molecule has 0 aliphatic carbocycles. The van der Waals surface area contributed by atoms with Gasteiger partial charge in [-0.3, -0.25) is 19.2 Å². The van der Waals surface area contributed by atoms with Crippen LogP contribution in [0, 0.1) is 0 Å². The monoisotopic (exact) mass is 549 g/mol. The molecule has 0 N–H and O–H groups in total. The van der Waals surface area contributed by atoms with Crippen LogP contribution in [0.1, 0.15) is 36.6 Å². The van der Waals surface area contributed by atoms with E-state index in [1.165, 1.54) is 30.2 Å². The number of hydrazine groups is 1. The molecule has 0 fully saturated rings. The first kappa shape index (κ1) is 28.3. The largest absolute Gasteiger partial charge is 0.452 e. The van der Waals surface area contributed by atoms with E-state index in [4.69, 9.17) is 0 Å². The zero-order chi connectivity index (χ0) is 29.0. The summed E-state index contributed by atoms with van der Waals surface area (Å²) in [5, 5.41) is 1.38. The van der Waals surface area contributed by atoms with Crippen molar-refractivity contribution in [3.8, 4) is 0 Å². The molecular weight excluding hydrogens is 523 g/mol. The third-order valence-corrected chi connectivity index (χ3v) is 6.45. The van der Waals surface area contributed by atoms with Crippen LogP contribution in [0.3, 0.4) is 0 Å². The van der Waals surface area contributed by atoms with Gasteiger partial charge in [-0.15, -0.1) is 0 Å². The van der Waals surface area contributed by atoms with Crippen LogP contribution >= 0.6 is 0 Å². The first-order valence-corrected chi connectivity index (χ1v) is 12.4. The van der Waals surface area contributed by atoms with Crippen LogP contribution in [0.25, 0.3) is 5.70 Å². The summed E-state index contributed by atoms with van der Waals surface area (Å²) >= 11 is 0. The summed E-state index contributed by atoms with van der Waals surface area (Å²) in [4.78, 5) is 54.3. The van der Waals surface area contributed by atoms with Gasteiger partial charge in [0.25, 0.3) is 11.7 Å². The van der Waals surface area contributed by atoms with Gasteiger partial charge in [0.05, 0.1) is 5.70 Å². The molecule has 0 radical (unpaired) electrons. The zero-order valence-electron chi connectivity index (χ0n) is 21.7. The van der Waals surface area contributed by atoms with Crippen molar-refractivity contribution in [2.75, 3.05) is 0 Å². The first-order chi connectivity index (χ1) is 19.0. The lowest BCUT2D eigenvalue weighted by Gasteiger charge is -2.46. The highest BCUT2D eigenvalue weighted by atomic mass is 19.4. The number of alkyl halides is 3. The minimum atomic E-state index is -5.30. The second kappa shape index (κ2) is 11.6. The maximum Gasteiger partial charge on any atom is 0.452 e. The van der Waals surface area contributed by atoms with Crippen molar-refractivity contribution in [1.29, 1.82) is 0 Å². The number of halogens is 3. The summed E-state index contributed by atoms with van der Waals surface area (Å²) in [7, 11) is 0. The molecule has 2 atom stereocenters. The lowest BCUT2D eigenvalue weighted by molar-refractivity contribution is -0.187. The number of benzene rings is 3. The summed E-state index contributed by atoms with van der Waals surface area (Å²) < 4.78 is 41.9. The highest BCUT2D eigenvalue weighted by Crippen LogP contribution is 2.37. The molecule has 0 saturated heterocycles. The highest BCUT2D eigenvalue weighted by molar-refractivity contribution is 6.00. The summed E-state index contributed by atoms with van der Waals surface area (Å²) in [6.45, 7) is 2.25. The third-order valence-electron chi connectivity index (χ3n) is 6.45. The minimum Gasteiger partial charge on any atom is -0.300 e. The van der Waals surface area contributed by atoms with E-state index in [1.807, 2.05) is 0 Å². The Hall–Kier alpha value is -4.73. The van der Waals surface area contributed by atoms with Crippen molar-refractivity contribution in [1.82, 2.24) is 14.9 Å². The number of hydrogen-bond donors (Lipinski definition) is 0. The number of nitrogens with zero attached hydrogens (tertiary/aromatic N) is 3. The Morgan fingerprint density at radius 2 is 1.38 bits per heavy atom. The Balaban J connectivity index is 1.96. The highest BCUT2D eigenvalue weighted by Gasteiger charge is 2.51. The lowest BCUT2D eigenvalue weighted by atomic mass is 9.98. The Kier molecular flexibility index (Phi) is 8.18. The molecule has 40 heavy (non-hydrogen) atoms.